The van der Waals surface area contributed by atoms with Crippen LogP contribution in [0, 0.1) is 11.6 Å². The largest absolute Gasteiger partial charge is 0.382 e. The number of nitrogens with zero attached hydrogens (tertiary/aromatic N) is 3. The standard InChI is InChI=1S/C19H19ClF2N6O2/c1-11(28(23)18(29)26-14-5-2-12(20)3-6-14)19(30,9-17-24-10-25-27-17)15-7-4-13(21)8-16(15)22/h2-8,10-11,30H,9,23H2,1H3,(H,26,29)(H,24,25,27)/t11-,19+/m1/s1. The number of halogens is 3. The van der Waals surface area contributed by atoms with E-state index in [0.29, 0.717) is 16.8 Å². The smallest absolute Gasteiger partial charge is 0.336 e. The molecule has 0 fully saturated rings. The number of H-pyrrole nitrogens is 1. The highest BCUT2D eigenvalue weighted by Gasteiger charge is 2.43. The lowest BCUT2D eigenvalue weighted by molar-refractivity contribution is -0.0359. The molecule has 1 heterocycles. The zero-order valence-electron chi connectivity index (χ0n) is 15.8. The van der Waals surface area contributed by atoms with Crippen LogP contribution in [0.1, 0.15) is 18.3 Å². The van der Waals surface area contributed by atoms with Gasteiger partial charge in [0, 0.05) is 28.8 Å². The molecular weight excluding hydrogens is 418 g/mol. The molecule has 5 N–H and O–H groups in total. The highest BCUT2D eigenvalue weighted by molar-refractivity contribution is 6.30. The van der Waals surface area contributed by atoms with Crippen LogP contribution in [0.15, 0.2) is 48.8 Å². The molecule has 11 heteroatoms. The fraction of sp³-hybridized carbons (Fsp3) is 0.211. The van der Waals surface area contributed by atoms with Crippen molar-refractivity contribution in [2.45, 2.75) is 25.0 Å². The van der Waals surface area contributed by atoms with Gasteiger partial charge in [-0.15, -0.1) is 0 Å². The van der Waals surface area contributed by atoms with Gasteiger partial charge in [-0.1, -0.05) is 17.7 Å². The monoisotopic (exact) mass is 436 g/mol. The van der Waals surface area contributed by atoms with E-state index >= 15 is 0 Å². The third-order valence-corrected chi connectivity index (χ3v) is 4.98. The number of aromatic nitrogens is 3. The van der Waals surface area contributed by atoms with Gasteiger partial charge in [0.05, 0.1) is 6.04 Å². The topological polar surface area (TPSA) is 120 Å². The van der Waals surface area contributed by atoms with Gasteiger partial charge in [-0.2, -0.15) is 5.10 Å². The second kappa shape index (κ2) is 8.74. The zero-order chi connectivity index (χ0) is 21.9. The molecule has 3 rings (SSSR count). The molecule has 0 radical (unpaired) electrons. The number of aliphatic hydroxyl groups is 1. The molecule has 0 saturated heterocycles. The third kappa shape index (κ3) is 4.56. The van der Waals surface area contributed by atoms with Gasteiger partial charge < -0.3 is 10.4 Å². The minimum atomic E-state index is -2.06. The quantitative estimate of drug-likeness (QED) is 0.269. The number of amides is 2. The van der Waals surface area contributed by atoms with Crippen LogP contribution in [0.3, 0.4) is 0 Å². The van der Waals surface area contributed by atoms with Gasteiger partial charge in [0.1, 0.15) is 23.6 Å². The van der Waals surface area contributed by atoms with Crippen LogP contribution in [-0.4, -0.2) is 37.4 Å². The Bertz CT molecular complexity index is 1020. The summed E-state index contributed by atoms with van der Waals surface area (Å²) in [7, 11) is 0. The molecule has 0 aliphatic rings. The van der Waals surface area contributed by atoms with Crippen LogP contribution in [0.5, 0.6) is 0 Å². The minimum Gasteiger partial charge on any atom is -0.382 e. The maximum Gasteiger partial charge on any atom is 0.336 e. The van der Waals surface area contributed by atoms with Crippen molar-refractivity contribution in [2.24, 2.45) is 5.84 Å². The number of anilines is 1. The number of benzene rings is 2. The van der Waals surface area contributed by atoms with Crippen molar-refractivity contribution < 1.29 is 18.7 Å². The summed E-state index contributed by atoms with van der Waals surface area (Å²) >= 11 is 5.82. The molecule has 30 heavy (non-hydrogen) atoms. The van der Waals surface area contributed by atoms with Crippen molar-refractivity contribution >= 4 is 23.3 Å². The Morgan fingerprint density at radius 1 is 1.33 bits per heavy atom. The normalized spacial score (nSPS) is 14.1. The van der Waals surface area contributed by atoms with Crippen LogP contribution in [0.25, 0.3) is 0 Å². The van der Waals surface area contributed by atoms with Crippen LogP contribution in [-0.2, 0) is 12.0 Å². The Morgan fingerprint density at radius 2 is 2.03 bits per heavy atom. The first-order valence-corrected chi connectivity index (χ1v) is 9.21. The predicted octanol–water partition coefficient (Wildman–Crippen LogP) is 2.96. The molecule has 8 nitrogen and oxygen atoms in total. The Labute approximate surface area is 175 Å². The summed E-state index contributed by atoms with van der Waals surface area (Å²) in [6.45, 7) is 1.43. The van der Waals surface area contributed by atoms with E-state index in [0.717, 1.165) is 17.1 Å². The lowest BCUT2D eigenvalue weighted by atomic mass is 9.83. The lowest BCUT2D eigenvalue weighted by Gasteiger charge is -2.38. The van der Waals surface area contributed by atoms with E-state index in [-0.39, 0.29) is 17.8 Å². The van der Waals surface area contributed by atoms with Crippen molar-refractivity contribution in [3.05, 3.63) is 76.8 Å². The number of nitrogens with one attached hydrogen (secondary N) is 2. The second-order valence-electron chi connectivity index (χ2n) is 6.66. The van der Waals surface area contributed by atoms with Crippen LogP contribution >= 0.6 is 11.6 Å². The van der Waals surface area contributed by atoms with Gasteiger partial charge in [0.2, 0.25) is 0 Å². The summed E-state index contributed by atoms with van der Waals surface area (Å²) in [4.78, 5) is 16.6. The lowest BCUT2D eigenvalue weighted by Crippen LogP contribution is -2.57. The molecule has 2 aromatic carbocycles. The van der Waals surface area contributed by atoms with Crippen LogP contribution in [0.2, 0.25) is 5.02 Å². The number of aromatic amines is 1. The maximum atomic E-state index is 14.6. The van der Waals surface area contributed by atoms with Gasteiger partial charge in [0.15, 0.2) is 5.82 Å². The fourth-order valence-electron chi connectivity index (χ4n) is 3.00. The summed E-state index contributed by atoms with van der Waals surface area (Å²) in [5.74, 6) is 4.31. The van der Waals surface area contributed by atoms with E-state index in [4.69, 9.17) is 17.4 Å². The number of hydrazine groups is 1. The van der Waals surface area contributed by atoms with Crippen molar-refractivity contribution in [1.29, 1.82) is 0 Å². The van der Waals surface area contributed by atoms with E-state index in [1.165, 1.54) is 13.3 Å². The zero-order valence-corrected chi connectivity index (χ0v) is 16.6. The fourth-order valence-corrected chi connectivity index (χ4v) is 3.12. The van der Waals surface area contributed by atoms with Gasteiger partial charge in [-0.25, -0.2) is 24.4 Å². The van der Waals surface area contributed by atoms with Crippen molar-refractivity contribution in [2.75, 3.05) is 5.32 Å². The predicted molar refractivity (Wildman–Crippen MR) is 106 cm³/mol. The number of urea groups is 1. The van der Waals surface area contributed by atoms with Crippen molar-refractivity contribution in [1.82, 2.24) is 20.2 Å². The number of carbonyl (C=O) groups excluding carboxylic acids is 1. The van der Waals surface area contributed by atoms with Crippen LogP contribution in [0.4, 0.5) is 19.3 Å². The Balaban J connectivity index is 1.91. The second-order valence-corrected chi connectivity index (χ2v) is 7.10. The average molecular weight is 437 g/mol. The number of hydrogen-bond donors (Lipinski definition) is 4. The van der Waals surface area contributed by atoms with Crippen molar-refractivity contribution in [3.63, 3.8) is 0 Å². The van der Waals surface area contributed by atoms with Gasteiger partial charge in [-0.3, -0.25) is 10.1 Å². The Kier molecular flexibility index (Phi) is 6.30. The molecule has 2 amide bonds. The Hall–Kier alpha value is -3.08. The van der Waals surface area contributed by atoms with E-state index in [1.807, 2.05) is 0 Å². The summed E-state index contributed by atoms with van der Waals surface area (Å²) < 4.78 is 28.0. The minimum absolute atomic E-state index is 0.152. The van der Waals surface area contributed by atoms with Gasteiger partial charge in [0.25, 0.3) is 0 Å². The first-order chi connectivity index (χ1) is 14.2. The molecule has 0 unspecified atom stereocenters. The average Bonchev–Trinajstić information content (AvgIpc) is 3.21. The number of hydrogen-bond acceptors (Lipinski definition) is 5. The number of nitrogens with two attached hydrogens (primary N) is 1. The van der Waals surface area contributed by atoms with E-state index < -0.39 is 29.3 Å². The first-order valence-electron chi connectivity index (χ1n) is 8.83. The SMILES string of the molecule is C[C@@H](N(N)C(=O)Nc1ccc(Cl)cc1)[C@@](O)(Cc1nc[nH]n1)c1ccc(F)cc1F. The Morgan fingerprint density at radius 3 is 2.63 bits per heavy atom. The molecule has 0 bridgehead atoms. The summed E-state index contributed by atoms with van der Waals surface area (Å²) in [6, 6.07) is 7.10. The molecular formula is C19H19ClF2N6O2. The number of rotatable bonds is 6. The molecule has 0 spiro atoms. The first kappa shape index (κ1) is 21.6. The molecule has 158 valence electrons. The van der Waals surface area contributed by atoms with E-state index in [2.05, 4.69) is 20.5 Å². The maximum absolute atomic E-state index is 14.6. The molecule has 0 aliphatic heterocycles. The summed E-state index contributed by atoms with van der Waals surface area (Å²) in [5.41, 5.74) is -1.90. The third-order valence-electron chi connectivity index (χ3n) is 4.73. The van der Waals surface area contributed by atoms with Gasteiger partial charge in [-0.05, 0) is 37.3 Å². The van der Waals surface area contributed by atoms with E-state index in [9.17, 15) is 18.7 Å². The summed E-state index contributed by atoms with van der Waals surface area (Å²) in [5, 5.41) is 21.6. The van der Waals surface area contributed by atoms with Crippen molar-refractivity contribution in [3.8, 4) is 0 Å². The molecule has 1 aromatic heterocycles. The van der Waals surface area contributed by atoms with Crippen LogP contribution < -0.4 is 11.2 Å². The molecule has 3 aromatic rings. The van der Waals surface area contributed by atoms with E-state index in [1.54, 1.807) is 24.3 Å². The molecule has 0 saturated carbocycles. The molecule has 0 aliphatic carbocycles. The highest BCUT2D eigenvalue weighted by Crippen LogP contribution is 2.33. The molecule has 2 atom stereocenters. The highest BCUT2D eigenvalue weighted by atomic mass is 35.5. The van der Waals surface area contributed by atoms with Gasteiger partial charge >= 0.3 is 6.03 Å². The summed E-state index contributed by atoms with van der Waals surface area (Å²) in [6.07, 6.45) is 0.997. The number of carbonyl (C=O) groups is 1.